The van der Waals surface area contributed by atoms with E-state index in [0.29, 0.717) is 25.4 Å². The molecule has 1 aromatic rings. The van der Waals surface area contributed by atoms with E-state index >= 15 is 0 Å². The summed E-state index contributed by atoms with van der Waals surface area (Å²) in [7, 11) is 0. The first-order chi connectivity index (χ1) is 9.20. The van der Waals surface area contributed by atoms with Crippen LogP contribution >= 0.6 is 0 Å². The Bertz CT molecular complexity index is 436. The fourth-order valence-electron chi connectivity index (χ4n) is 2.63. The second kappa shape index (κ2) is 6.63. The normalized spacial score (nSPS) is 19.7. The Balaban J connectivity index is 2.07. The van der Waals surface area contributed by atoms with Gasteiger partial charge in [0, 0.05) is 18.7 Å². The van der Waals surface area contributed by atoms with E-state index in [4.69, 9.17) is 10.8 Å². The molecule has 1 aliphatic rings. The number of likely N-dealkylation sites (tertiary alicyclic amines) is 1. The molecule has 1 atom stereocenters. The number of pyridine rings is 1. The van der Waals surface area contributed by atoms with Crippen molar-refractivity contribution in [2.45, 2.75) is 31.7 Å². The highest BCUT2D eigenvalue weighted by atomic mass is 16.3. The Morgan fingerprint density at radius 3 is 3.11 bits per heavy atom. The van der Waals surface area contributed by atoms with Crippen molar-refractivity contribution in [3.8, 4) is 0 Å². The van der Waals surface area contributed by atoms with Crippen molar-refractivity contribution in [2.75, 3.05) is 19.7 Å². The first-order valence-electron chi connectivity index (χ1n) is 6.79. The van der Waals surface area contributed by atoms with Gasteiger partial charge in [-0.15, -0.1) is 0 Å². The van der Waals surface area contributed by atoms with Crippen LogP contribution in [0.2, 0.25) is 0 Å². The number of carbonyl (C=O) groups is 1. The van der Waals surface area contributed by atoms with Crippen LogP contribution in [0.4, 0.5) is 0 Å². The van der Waals surface area contributed by atoms with Crippen molar-refractivity contribution >= 4 is 5.91 Å². The second-order valence-corrected chi connectivity index (χ2v) is 4.94. The highest BCUT2D eigenvalue weighted by Gasteiger charge is 2.26. The largest absolute Gasteiger partial charge is 0.395 e. The summed E-state index contributed by atoms with van der Waals surface area (Å²) in [5, 5.41) is 9.08. The molecule has 1 amide bonds. The number of aliphatic hydroxyl groups is 1. The third-order valence-corrected chi connectivity index (χ3v) is 3.55. The van der Waals surface area contributed by atoms with Gasteiger partial charge >= 0.3 is 0 Å². The Hall–Kier alpha value is -1.46. The predicted molar refractivity (Wildman–Crippen MR) is 72.4 cm³/mol. The number of hydrogen-bond acceptors (Lipinski definition) is 4. The number of rotatable bonds is 6. The summed E-state index contributed by atoms with van der Waals surface area (Å²) in [4.78, 5) is 17.7. The topological polar surface area (TPSA) is 79.5 Å². The van der Waals surface area contributed by atoms with E-state index in [0.717, 1.165) is 30.8 Å². The van der Waals surface area contributed by atoms with Gasteiger partial charge in [0.25, 0.3) is 0 Å². The number of aryl methyl sites for hydroxylation is 1. The molecule has 0 aromatic carbocycles. The van der Waals surface area contributed by atoms with Crippen molar-refractivity contribution < 1.29 is 9.90 Å². The Morgan fingerprint density at radius 2 is 2.37 bits per heavy atom. The van der Waals surface area contributed by atoms with Crippen LogP contribution in [0, 0.1) is 0 Å². The van der Waals surface area contributed by atoms with Crippen molar-refractivity contribution in [3.63, 3.8) is 0 Å². The maximum Gasteiger partial charge on any atom is 0.217 e. The number of carbonyl (C=O) groups excluding carboxylic acids is 1. The van der Waals surface area contributed by atoms with Crippen molar-refractivity contribution in [1.82, 2.24) is 9.88 Å². The molecule has 104 valence electrons. The molecule has 1 saturated heterocycles. The average Bonchev–Trinajstić information content (AvgIpc) is 2.85. The van der Waals surface area contributed by atoms with Crippen LogP contribution in [0.1, 0.15) is 36.7 Å². The third kappa shape index (κ3) is 3.75. The molecule has 19 heavy (non-hydrogen) atoms. The standard InChI is InChI=1S/C14H21N3O2/c15-14(19)7-6-11-3-1-4-12(16-11)13-5-2-8-17(13)9-10-18/h1,3-4,13,18H,2,5-10H2,(H2,15,19). The van der Waals surface area contributed by atoms with Gasteiger partial charge in [-0.25, -0.2) is 0 Å². The molecule has 0 bridgehead atoms. The second-order valence-electron chi connectivity index (χ2n) is 4.94. The molecule has 1 unspecified atom stereocenters. The van der Waals surface area contributed by atoms with Crippen LogP contribution in [-0.4, -0.2) is 40.6 Å². The first kappa shape index (κ1) is 14.0. The zero-order chi connectivity index (χ0) is 13.7. The van der Waals surface area contributed by atoms with Crippen LogP contribution in [0.3, 0.4) is 0 Å². The van der Waals surface area contributed by atoms with Gasteiger partial charge in [0.2, 0.25) is 5.91 Å². The summed E-state index contributed by atoms with van der Waals surface area (Å²) in [5.41, 5.74) is 7.10. The molecule has 5 nitrogen and oxygen atoms in total. The molecule has 0 saturated carbocycles. The molecule has 0 radical (unpaired) electrons. The monoisotopic (exact) mass is 263 g/mol. The minimum absolute atomic E-state index is 0.178. The van der Waals surface area contributed by atoms with Gasteiger partial charge in [-0.2, -0.15) is 0 Å². The quantitative estimate of drug-likeness (QED) is 0.789. The minimum Gasteiger partial charge on any atom is -0.395 e. The van der Waals surface area contributed by atoms with Crippen molar-refractivity contribution in [1.29, 1.82) is 0 Å². The first-order valence-corrected chi connectivity index (χ1v) is 6.79. The number of nitrogens with zero attached hydrogens (tertiary/aromatic N) is 2. The molecule has 1 fully saturated rings. The van der Waals surface area contributed by atoms with Gasteiger partial charge in [-0.05, 0) is 37.9 Å². The molecule has 5 heteroatoms. The van der Waals surface area contributed by atoms with E-state index in [1.54, 1.807) is 0 Å². The summed E-state index contributed by atoms with van der Waals surface area (Å²) in [6.07, 6.45) is 3.14. The number of amides is 1. The third-order valence-electron chi connectivity index (χ3n) is 3.55. The fourth-order valence-corrected chi connectivity index (χ4v) is 2.63. The molecule has 1 aliphatic heterocycles. The van der Waals surface area contributed by atoms with E-state index in [1.807, 2.05) is 18.2 Å². The Kier molecular flexibility index (Phi) is 4.87. The summed E-state index contributed by atoms with van der Waals surface area (Å²) >= 11 is 0. The number of primary amides is 1. The number of aliphatic hydroxyl groups excluding tert-OH is 1. The number of nitrogens with two attached hydrogens (primary N) is 1. The van der Waals surface area contributed by atoms with Gasteiger partial charge in [0.05, 0.1) is 18.3 Å². The van der Waals surface area contributed by atoms with Gasteiger partial charge in [-0.3, -0.25) is 14.7 Å². The lowest BCUT2D eigenvalue weighted by atomic mass is 10.1. The number of hydrogen-bond donors (Lipinski definition) is 2. The van der Waals surface area contributed by atoms with Gasteiger partial charge in [-0.1, -0.05) is 6.07 Å². The lowest BCUT2D eigenvalue weighted by molar-refractivity contribution is -0.118. The maximum absolute atomic E-state index is 10.8. The molecule has 1 aromatic heterocycles. The van der Waals surface area contributed by atoms with Crippen LogP contribution in [-0.2, 0) is 11.2 Å². The molecule has 2 rings (SSSR count). The maximum atomic E-state index is 10.8. The van der Waals surface area contributed by atoms with E-state index in [1.165, 1.54) is 0 Å². The summed E-state index contributed by atoms with van der Waals surface area (Å²) < 4.78 is 0. The molecule has 0 aliphatic carbocycles. The summed E-state index contributed by atoms with van der Waals surface area (Å²) in [6.45, 7) is 1.88. The van der Waals surface area contributed by atoms with Crippen LogP contribution in [0.5, 0.6) is 0 Å². The van der Waals surface area contributed by atoms with E-state index in [9.17, 15) is 4.79 Å². The molecule has 0 spiro atoms. The minimum atomic E-state index is -0.296. The van der Waals surface area contributed by atoms with E-state index in [-0.39, 0.29) is 12.5 Å². The zero-order valence-electron chi connectivity index (χ0n) is 11.1. The Labute approximate surface area is 113 Å². The highest BCUT2D eigenvalue weighted by Crippen LogP contribution is 2.30. The predicted octanol–water partition coefficient (Wildman–Crippen LogP) is 0.629. The molecular formula is C14H21N3O2. The smallest absolute Gasteiger partial charge is 0.217 e. The SMILES string of the molecule is NC(=O)CCc1cccc(C2CCCN2CCO)n1. The molecular weight excluding hydrogens is 242 g/mol. The van der Waals surface area contributed by atoms with Gasteiger partial charge in [0.15, 0.2) is 0 Å². The molecule has 3 N–H and O–H groups in total. The lowest BCUT2D eigenvalue weighted by Gasteiger charge is -2.23. The molecule has 2 heterocycles. The van der Waals surface area contributed by atoms with Crippen molar-refractivity contribution in [3.05, 3.63) is 29.6 Å². The Morgan fingerprint density at radius 1 is 1.53 bits per heavy atom. The van der Waals surface area contributed by atoms with Crippen LogP contribution in [0.15, 0.2) is 18.2 Å². The van der Waals surface area contributed by atoms with Crippen LogP contribution in [0.25, 0.3) is 0 Å². The van der Waals surface area contributed by atoms with E-state index in [2.05, 4.69) is 9.88 Å². The highest BCUT2D eigenvalue weighted by molar-refractivity contribution is 5.73. The lowest BCUT2D eigenvalue weighted by Crippen LogP contribution is -2.27. The fraction of sp³-hybridized carbons (Fsp3) is 0.571. The number of aromatic nitrogens is 1. The average molecular weight is 263 g/mol. The van der Waals surface area contributed by atoms with Crippen LogP contribution < -0.4 is 5.73 Å². The number of β-amino-alcohol motifs (C(OH)–C–C–N with tert-alkyl or cyclic N) is 1. The van der Waals surface area contributed by atoms with Gasteiger partial charge in [0.1, 0.15) is 0 Å². The summed E-state index contributed by atoms with van der Waals surface area (Å²) in [6, 6.07) is 6.22. The van der Waals surface area contributed by atoms with E-state index < -0.39 is 0 Å². The van der Waals surface area contributed by atoms with Crippen molar-refractivity contribution in [2.24, 2.45) is 5.73 Å². The zero-order valence-corrected chi connectivity index (χ0v) is 11.1. The summed E-state index contributed by atoms with van der Waals surface area (Å²) in [5.74, 6) is -0.296. The van der Waals surface area contributed by atoms with Gasteiger partial charge < -0.3 is 10.8 Å².